The highest BCUT2D eigenvalue weighted by molar-refractivity contribution is 4.85. The van der Waals surface area contributed by atoms with Crippen molar-refractivity contribution in [2.24, 2.45) is 17.6 Å². The Morgan fingerprint density at radius 3 is 1.19 bits per heavy atom. The second-order valence-corrected chi connectivity index (χ2v) is 11.0. The molecule has 0 radical (unpaired) electrons. The van der Waals surface area contributed by atoms with E-state index in [9.17, 15) is 0 Å². The normalized spacial score (nSPS) is 19.1. The molecule has 0 aromatic carbocycles. The lowest BCUT2D eigenvalue weighted by Gasteiger charge is -2.11. The van der Waals surface area contributed by atoms with Crippen LogP contribution in [0, 0.1) is 11.8 Å². The minimum absolute atomic E-state index is 0.471. The van der Waals surface area contributed by atoms with E-state index in [-0.39, 0.29) is 0 Å². The average Bonchev–Trinajstić information content (AvgIpc) is 3.52. The Morgan fingerprint density at radius 1 is 0.484 bits per heavy atom. The molecule has 0 amide bonds. The quantitative estimate of drug-likeness (QED) is 0.142. The summed E-state index contributed by atoms with van der Waals surface area (Å²) in [5.41, 5.74) is 6.32. The maximum atomic E-state index is 6.32. The summed E-state index contributed by atoms with van der Waals surface area (Å²) in [4.78, 5) is 0. The molecule has 1 aliphatic rings. The van der Waals surface area contributed by atoms with Gasteiger partial charge in [0, 0.05) is 6.04 Å². The zero-order valence-corrected chi connectivity index (χ0v) is 22.0. The summed E-state index contributed by atoms with van der Waals surface area (Å²) in [6.45, 7) is 4.60. The molecule has 3 atom stereocenters. The molecule has 1 nitrogen and oxygen atoms in total. The number of nitrogens with two attached hydrogens (primary N) is 1. The van der Waals surface area contributed by atoms with Crippen LogP contribution >= 0.6 is 0 Å². The van der Waals surface area contributed by atoms with Crippen molar-refractivity contribution >= 4 is 0 Å². The number of rotatable bonds is 25. The zero-order chi connectivity index (χ0) is 22.4. The van der Waals surface area contributed by atoms with E-state index in [1.807, 2.05) is 0 Å². The molecule has 0 aliphatic heterocycles. The van der Waals surface area contributed by atoms with E-state index in [1.165, 1.54) is 154 Å². The van der Waals surface area contributed by atoms with Crippen LogP contribution in [-0.2, 0) is 0 Å². The molecule has 0 heterocycles. The summed E-state index contributed by atoms with van der Waals surface area (Å²) in [5, 5.41) is 0. The van der Waals surface area contributed by atoms with Crippen molar-refractivity contribution < 1.29 is 0 Å². The van der Waals surface area contributed by atoms with Crippen LogP contribution in [0.3, 0.4) is 0 Å². The molecule has 1 heteroatoms. The lowest BCUT2D eigenvalue weighted by molar-refractivity contribution is 0.478. The molecular weight excluding hydrogens is 374 g/mol. The largest absolute Gasteiger partial charge is 0.328 e. The van der Waals surface area contributed by atoms with Crippen molar-refractivity contribution in [2.45, 2.75) is 180 Å². The number of hydrogen-bond donors (Lipinski definition) is 1. The highest BCUT2D eigenvalue weighted by atomic mass is 14.6. The second-order valence-electron chi connectivity index (χ2n) is 11.0. The van der Waals surface area contributed by atoms with Gasteiger partial charge in [0.15, 0.2) is 0 Å². The van der Waals surface area contributed by atoms with Crippen LogP contribution < -0.4 is 5.73 Å². The van der Waals surface area contributed by atoms with Crippen LogP contribution in [0.15, 0.2) is 0 Å². The Bertz CT molecular complexity index is 344. The van der Waals surface area contributed by atoms with Crippen LogP contribution in [0.2, 0.25) is 0 Å². The Morgan fingerprint density at radius 2 is 0.806 bits per heavy atom. The fraction of sp³-hybridized carbons (Fsp3) is 1.00. The van der Waals surface area contributed by atoms with Gasteiger partial charge in [-0.3, -0.25) is 0 Å². The fourth-order valence-corrected chi connectivity index (χ4v) is 5.41. The van der Waals surface area contributed by atoms with E-state index < -0.39 is 0 Å². The Labute approximate surface area is 198 Å². The van der Waals surface area contributed by atoms with E-state index in [1.54, 1.807) is 6.42 Å². The van der Waals surface area contributed by atoms with Gasteiger partial charge in [-0.05, 0) is 31.1 Å². The predicted octanol–water partition coefficient (Wildman–Crippen LogP) is 10.4. The summed E-state index contributed by atoms with van der Waals surface area (Å²) in [5.74, 6) is 2.24. The van der Waals surface area contributed by atoms with Crippen molar-refractivity contribution in [1.82, 2.24) is 0 Å². The summed E-state index contributed by atoms with van der Waals surface area (Å²) in [6.07, 6.45) is 35.9. The van der Waals surface area contributed by atoms with Crippen LogP contribution in [0.25, 0.3) is 0 Å². The second kappa shape index (κ2) is 21.8. The molecule has 0 aromatic heterocycles. The Hall–Kier alpha value is -0.0400. The molecule has 186 valence electrons. The SMILES string of the molecule is CCCCCCCCCC(N)CCCCCCCCC[C@H]1C[C@H]1CCCCCCCC. The van der Waals surface area contributed by atoms with E-state index in [4.69, 9.17) is 5.73 Å². The number of hydrogen-bond acceptors (Lipinski definition) is 1. The maximum Gasteiger partial charge on any atom is 0.00388 e. The van der Waals surface area contributed by atoms with Gasteiger partial charge in [0.1, 0.15) is 0 Å². The molecular formula is C30H61N. The van der Waals surface area contributed by atoms with Crippen LogP contribution in [0.4, 0.5) is 0 Å². The molecule has 0 spiro atoms. The van der Waals surface area contributed by atoms with Gasteiger partial charge in [-0.2, -0.15) is 0 Å². The van der Waals surface area contributed by atoms with E-state index in [0.29, 0.717) is 6.04 Å². The van der Waals surface area contributed by atoms with Gasteiger partial charge in [0.25, 0.3) is 0 Å². The van der Waals surface area contributed by atoms with Crippen molar-refractivity contribution in [3.05, 3.63) is 0 Å². The topological polar surface area (TPSA) is 26.0 Å². The third kappa shape index (κ3) is 19.2. The van der Waals surface area contributed by atoms with Gasteiger partial charge in [0.05, 0.1) is 0 Å². The van der Waals surface area contributed by atoms with Gasteiger partial charge >= 0.3 is 0 Å². The zero-order valence-electron chi connectivity index (χ0n) is 22.0. The van der Waals surface area contributed by atoms with E-state index >= 15 is 0 Å². The third-order valence-corrected chi connectivity index (χ3v) is 7.83. The van der Waals surface area contributed by atoms with Crippen LogP contribution in [-0.4, -0.2) is 6.04 Å². The lowest BCUT2D eigenvalue weighted by atomic mass is 10.00. The molecule has 1 fully saturated rings. The van der Waals surface area contributed by atoms with Gasteiger partial charge < -0.3 is 5.73 Å². The monoisotopic (exact) mass is 435 g/mol. The maximum absolute atomic E-state index is 6.32. The smallest absolute Gasteiger partial charge is 0.00388 e. The third-order valence-electron chi connectivity index (χ3n) is 7.83. The minimum atomic E-state index is 0.471. The number of unbranched alkanes of at least 4 members (excludes halogenated alkanes) is 17. The molecule has 31 heavy (non-hydrogen) atoms. The van der Waals surface area contributed by atoms with Crippen LogP contribution in [0.5, 0.6) is 0 Å². The molecule has 2 N–H and O–H groups in total. The average molecular weight is 436 g/mol. The van der Waals surface area contributed by atoms with Gasteiger partial charge in [0.2, 0.25) is 0 Å². The first-order valence-electron chi connectivity index (χ1n) is 15.0. The summed E-state index contributed by atoms with van der Waals surface area (Å²) < 4.78 is 0. The molecule has 1 unspecified atom stereocenters. The Balaban J connectivity index is 1.73. The summed E-state index contributed by atoms with van der Waals surface area (Å²) >= 11 is 0. The molecule has 0 bridgehead atoms. The van der Waals surface area contributed by atoms with Gasteiger partial charge in [-0.25, -0.2) is 0 Å². The van der Waals surface area contributed by atoms with Gasteiger partial charge in [-0.1, -0.05) is 155 Å². The summed E-state index contributed by atoms with van der Waals surface area (Å²) in [6, 6.07) is 0.471. The first kappa shape index (κ1) is 29.0. The lowest BCUT2D eigenvalue weighted by Crippen LogP contribution is -2.19. The Kier molecular flexibility index (Phi) is 20.4. The molecule has 1 aliphatic carbocycles. The molecule has 1 saturated carbocycles. The highest BCUT2D eigenvalue weighted by Crippen LogP contribution is 2.45. The minimum Gasteiger partial charge on any atom is -0.328 e. The summed E-state index contributed by atoms with van der Waals surface area (Å²) in [7, 11) is 0. The molecule has 0 saturated heterocycles. The van der Waals surface area contributed by atoms with Crippen molar-refractivity contribution in [2.75, 3.05) is 0 Å². The first-order chi connectivity index (χ1) is 15.3. The fourth-order valence-electron chi connectivity index (χ4n) is 5.41. The first-order valence-corrected chi connectivity index (χ1v) is 15.0. The molecule has 1 rings (SSSR count). The van der Waals surface area contributed by atoms with Crippen molar-refractivity contribution in [1.29, 1.82) is 0 Å². The predicted molar refractivity (Wildman–Crippen MR) is 142 cm³/mol. The van der Waals surface area contributed by atoms with Crippen LogP contribution in [0.1, 0.15) is 174 Å². The van der Waals surface area contributed by atoms with Crippen molar-refractivity contribution in [3.8, 4) is 0 Å². The van der Waals surface area contributed by atoms with E-state index in [2.05, 4.69) is 13.8 Å². The van der Waals surface area contributed by atoms with Crippen molar-refractivity contribution in [3.63, 3.8) is 0 Å². The highest BCUT2D eigenvalue weighted by Gasteiger charge is 2.34. The van der Waals surface area contributed by atoms with Gasteiger partial charge in [-0.15, -0.1) is 0 Å². The molecule has 0 aromatic rings. The van der Waals surface area contributed by atoms with E-state index in [0.717, 1.165) is 11.8 Å². The standard InChI is InChI=1S/C30H61N/c1-3-5-7-9-12-17-21-25-30(31)26-22-18-14-11-13-16-20-24-29-27-28(29)23-19-15-10-8-6-4-2/h28-30H,3-27,31H2,1-2H3/t28-,29+,30?/m1/s1.